The summed E-state index contributed by atoms with van der Waals surface area (Å²) in [5.41, 5.74) is 8.06. The molecule has 2 heterocycles. The van der Waals surface area contributed by atoms with E-state index in [1.54, 1.807) is 0 Å². The van der Waals surface area contributed by atoms with Gasteiger partial charge in [0.1, 0.15) is 0 Å². The monoisotopic (exact) mass is 288 g/mol. The van der Waals surface area contributed by atoms with E-state index in [2.05, 4.69) is 12.1 Å². The zero-order valence-corrected chi connectivity index (χ0v) is 12.5. The van der Waals surface area contributed by atoms with Crippen LogP contribution in [0, 0.1) is 0 Å². The van der Waals surface area contributed by atoms with Gasteiger partial charge in [-0.05, 0) is 43.9 Å². The average molecular weight is 288 g/mol. The van der Waals surface area contributed by atoms with E-state index in [4.69, 9.17) is 10.5 Å². The Morgan fingerprint density at radius 1 is 1.33 bits per heavy atom. The first-order chi connectivity index (χ1) is 10.3. The summed E-state index contributed by atoms with van der Waals surface area (Å²) in [6.45, 7) is 2.29. The van der Waals surface area contributed by atoms with Crippen molar-refractivity contribution in [3.8, 4) is 0 Å². The van der Waals surface area contributed by atoms with Crippen molar-refractivity contribution >= 4 is 11.6 Å². The van der Waals surface area contributed by atoms with Crippen LogP contribution in [-0.2, 0) is 9.53 Å². The molecule has 21 heavy (non-hydrogen) atoms. The number of para-hydroxylation sites is 1. The third-order valence-electron chi connectivity index (χ3n) is 4.59. The Bertz CT molecular complexity index is 497. The molecule has 114 valence electrons. The molecule has 2 atom stereocenters. The molecule has 0 aliphatic carbocycles. The van der Waals surface area contributed by atoms with Gasteiger partial charge in [-0.25, -0.2) is 0 Å². The number of hydrogen-bond acceptors (Lipinski definition) is 3. The number of nitrogens with zero attached hydrogens (tertiary/aromatic N) is 1. The Labute approximate surface area is 126 Å². The number of benzene rings is 1. The molecule has 1 aromatic carbocycles. The number of rotatable bonds is 5. The molecular formula is C17H24N2O2. The third-order valence-corrected chi connectivity index (χ3v) is 4.59. The van der Waals surface area contributed by atoms with Crippen LogP contribution in [0.5, 0.6) is 0 Å². The molecule has 2 aliphatic heterocycles. The van der Waals surface area contributed by atoms with Crippen LogP contribution in [0.3, 0.4) is 0 Å². The first-order valence-electron chi connectivity index (χ1n) is 8.00. The maximum atomic E-state index is 12.6. The third kappa shape index (κ3) is 3.11. The molecule has 0 radical (unpaired) electrons. The smallest absolute Gasteiger partial charge is 0.227 e. The largest absolute Gasteiger partial charge is 0.378 e. The van der Waals surface area contributed by atoms with Crippen LogP contribution in [0.4, 0.5) is 5.69 Å². The van der Waals surface area contributed by atoms with Gasteiger partial charge in [0, 0.05) is 31.2 Å². The highest BCUT2D eigenvalue weighted by molar-refractivity contribution is 5.95. The Hall–Kier alpha value is -1.39. The maximum absolute atomic E-state index is 12.6. The molecule has 4 nitrogen and oxygen atoms in total. The number of fused-ring (bicyclic) bond motifs is 1. The van der Waals surface area contributed by atoms with Crippen molar-refractivity contribution in [1.29, 1.82) is 0 Å². The Morgan fingerprint density at radius 2 is 2.19 bits per heavy atom. The molecule has 3 rings (SSSR count). The molecule has 1 aromatic rings. The number of carbonyl (C=O) groups excluding carboxylic acids is 1. The van der Waals surface area contributed by atoms with E-state index in [1.165, 1.54) is 5.56 Å². The zero-order chi connectivity index (χ0) is 14.7. The number of ether oxygens (including phenoxy) is 1. The molecule has 0 saturated carbocycles. The standard InChI is InChI=1S/C17H24N2O2/c18-10-9-13-12-19(16-6-2-1-5-15(13)16)17(20)8-7-14-4-3-11-21-14/h1-2,5-6,13-14H,3-4,7-12,18H2. The van der Waals surface area contributed by atoms with Gasteiger partial charge < -0.3 is 15.4 Å². The van der Waals surface area contributed by atoms with Gasteiger partial charge >= 0.3 is 0 Å². The Kier molecular flexibility index (Phi) is 4.56. The SMILES string of the molecule is NCCC1CN(C(=O)CCC2CCCO2)c2ccccc21. The van der Waals surface area contributed by atoms with Crippen molar-refractivity contribution in [3.05, 3.63) is 29.8 Å². The fraction of sp³-hybridized carbons (Fsp3) is 0.588. The van der Waals surface area contributed by atoms with E-state index in [0.29, 0.717) is 18.9 Å². The van der Waals surface area contributed by atoms with Gasteiger partial charge in [0.15, 0.2) is 0 Å². The van der Waals surface area contributed by atoms with Gasteiger partial charge in [-0.3, -0.25) is 4.79 Å². The van der Waals surface area contributed by atoms with Crippen LogP contribution in [0.25, 0.3) is 0 Å². The van der Waals surface area contributed by atoms with Crippen LogP contribution in [-0.4, -0.2) is 31.7 Å². The minimum Gasteiger partial charge on any atom is -0.378 e. The Morgan fingerprint density at radius 3 is 2.95 bits per heavy atom. The topological polar surface area (TPSA) is 55.6 Å². The predicted octanol–water partition coefficient (Wildman–Crippen LogP) is 2.42. The first-order valence-corrected chi connectivity index (χ1v) is 8.00. The van der Waals surface area contributed by atoms with Gasteiger partial charge in [0.05, 0.1) is 6.10 Å². The highest BCUT2D eigenvalue weighted by Crippen LogP contribution is 2.38. The van der Waals surface area contributed by atoms with Crippen LogP contribution in [0.15, 0.2) is 24.3 Å². The molecular weight excluding hydrogens is 264 g/mol. The van der Waals surface area contributed by atoms with E-state index < -0.39 is 0 Å². The fourth-order valence-electron chi connectivity index (χ4n) is 3.47. The lowest BCUT2D eigenvalue weighted by atomic mass is 9.98. The highest BCUT2D eigenvalue weighted by Gasteiger charge is 2.31. The number of amides is 1. The second-order valence-corrected chi connectivity index (χ2v) is 6.01. The summed E-state index contributed by atoms with van der Waals surface area (Å²) in [5.74, 6) is 0.607. The molecule has 1 amide bonds. The van der Waals surface area contributed by atoms with Crippen LogP contribution < -0.4 is 10.6 Å². The number of hydrogen-bond donors (Lipinski definition) is 1. The molecule has 1 fully saturated rings. The van der Waals surface area contributed by atoms with Crippen molar-refractivity contribution in [2.24, 2.45) is 5.73 Å². The quantitative estimate of drug-likeness (QED) is 0.905. The van der Waals surface area contributed by atoms with Crippen molar-refractivity contribution < 1.29 is 9.53 Å². The molecule has 4 heteroatoms. The molecule has 2 unspecified atom stereocenters. The Balaban J connectivity index is 1.66. The van der Waals surface area contributed by atoms with Gasteiger partial charge in [-0.1, -0.05) is 18.2 Å². The summed E-state index contributed by atoms with van der Waals surface area (Å²) >= 11 is 0. The predicted molar refractivity (Wildman–Crippen MR) is 83.4 cm³/mol. The van der Waals surface area contributed by atoms with Crippen LogP contribution in [0.2, 0.25) is 0 Å². The van der Waals surface area contributed by atoms with Gasteiger partial charge in [-0.15, -0.1) is 0 Å². The fourth-order valence-corrected chi connectivity index (χ4v) is 3.47. The molecule has 1 saturated heterocycles. The summed E-state index contributed by atoms with van der Waals surface area (Å²) in [6.07, 6.45) is 4.87. The summed E-state index contributed by atoms with van der Waals surface area (Å²) in [7, 11) is 0. The average Bonchev–Trinajstić information content (AvgIpc) is 3.14. The normalized spacial score (nSPS) is 24.3. The van der Waals surface area contributed by atoms with Gasteiger partial charge in [0.2, 0.25) is 5.91 Å². The number of anilines is 1. The second-order valence-electron chi connectivity index (χ2n) is 6.01. The van der Waals surface area contributed by atoms with Crippen molar-refractivity contribution in [1.82, 2.24) is 0 Å². The molecule has 0 aromatic heterocycles. The van der Waals surface area contributed by atoms with Crippen molar-refractivity contribution in [3.63, 3.8) is 0 Å². The highest BCUT2D eigenvalue weighted by atomic mass is 16.5. The summed E-state index contributed by atoms with van der Waals surface area (Å²) in [5, 5.41) is 0. The molecule has 2 N–H and O–H groups in total. The number of nitrogens with two attached hydrogens (primary N) is 1. The lowest BCUT2D eigenvalue weighted by Crippen LogP contribution is -2.30. The number of carbonyl (C=O) groups is 1. The van der Waals surface area contributed by atoms with Crippen LogP contribution >= 0.6 is 0 Å². The van der Waals surface area contributed by atoms with E-state index >= 15 is 0 Å². The van der Waals surface area contributed by atoms with E-state index in [-0.39, 0.29) is 12.0 Å². The zero-order valence-electron chi connectivity index (χ0n) is 12.5. The van der Waals surface area contributed by atoms with Gasteiger partial charge in [0.25, 0.3) is 0 Å². The van der Waals surface area contributed by atoms with Gasteiger partial charge in [-0.2, -0.15) is 0 Å². The summed E-state index contributed by atoms with van der Waals surface area (Å²) < 4.78 is 5.61. The minimum absolute atomic E-state index is 0.220. The molecule has 0 bridgehead atoms. The minimum atomic E-state index is 0.220. The van der Waals surface area contributed by atoms with Crippen molar-refractivity contribution in [2.45, 2.75) is 44.1 Å². The van der Waals surface area contributed by atoms with Crippen molar-refractivity contribution in [2.75, 3.05) is 24.6 Å². The molecule has 0 spiro atoms. The lowest BCUT2D eigenvalue weighted by molar-refractivity contribution is -0.119. The molecule has 2 aliphatic rings. The van der Waals surface area contributed by atoms with E-state index in [0.717, 1.165) is 44.5 Å². The van der Waals surface area contributed by atoms with E-state index in [1.807, 2.05) is 17.0 Å². The van der Waals surface area contributed by atoms with E-state index in [9.17, 15) is 4.79 Å². The first kappa shape index (κ1) is 14.5. The lowest BCUT2D eigenvalue weighted by Gasteiger charge is -2.19. The second kappa shape index (κ2) is 6.58. The maximum Gasteiger partial charge on any atom is 0.227 e. The summed E-state index contributed by atoms with van der Waals surface area (Å²) in [4.78, 5) is 14.5. The van der Waals surface area contributed by atoms with Crippen LogP contribution in [0.1, 0.15) is 43.6 Å². The summed E-state index contributed by atoms with van der Waals surface area (Å²) in [6, 6.07) is 8.23.